The summed E-state index contributed by atoms with van der Waals surface area (Å²) in [6.07, 6.45) is -3.62. The molecule has 14 nitrogen and oxygen atoms in total. The number of hydrogen-bond donors (Lipinski definition) is 4. The fourth-order valence-corrected chi connectivity index (χ4v) is 7.12. The smallest absolute Gasteiger partial charge is 0.330 e. The Hall–Kier alpha value is -2.00. The van der Waals surface area contributed by atoms with Crippen LogP contribution in [0.2, 0.25) is 0 Å². The number of aliphatic hydroxyl groups is 2. The molecular formula is C21H34N3O11PS. The molecule has 0 radical (unpaired) electrons. The molecule has 1 aromatic rings. The first-order valence-corrected chi connectivity index (χ1v) is 14.8. The third-order valence-electron chi connectivity index (χ3n) is 5.20. The predicted molar refractivity (Wildman–Crippen MR) is 133 cm³/mol. The predicted octanol–water partition coefficient (Wildman–Crippen LogP) is 0.287. The molecule has 37 heavy (non-hydrogen) atoms. The summed E-state index contributed by atoms with van der Waals surface area (Å²) in [5, 5.41) is 24.1. The van der Waals surface area contributed by atoms with Crippen LogP contribution in [0.4, 0.5) is 0 Å². The lowest BCUT2D eigenvalue weighted by molar-refractivity contribution is -0.149. The van der Waals surface area contributed by atoms with Crippen molar-refractivity contribution in [3.05, 3.63) is 33.1 Å². The number of carbonyl (C=O) groups excluding carboxylic acids is 2. The van der Waals surface area contributed by atoms with Crippen molar-refractivity contribution in [1.82, 2.24) is 14.6 Å². The van der Waals surface area contributed by atoms with Gasteiger partial charge in [0.2, 0.25) is 0 Å². The topological polar surface area (TPSA) is 195 Å². The van der Waals surface area contributed by atoms with Gasteiger partial charge < -0.3 is 28.9 Å². The minimum absolute atomic E-state index is 0.0241. The summed E-state index contributed by atoms with van der Waals surface area (Å²) in [4.78, 5) is 49.5. The molecule has 4 N–H and O–H groups in total. The van der Waals surface area contributed by atoms with E-state index in [-0.39, 0.29) is 18.8 Å². The second-order valence-corrected chi connectivity index (χ2v) is 13.1. The van der Waals surface area contributed by atoms with E-state index in [1.165, 1.54) is 13.8 Å². The van der Waals surface area contributed by atoms with Crippen LogP contribution in [0.15, 0.2) is 21.9 Å². The normalized spacial score (nSPS) is 26.0. The van der Waals surface area contributed by atoms with Gasteiger partial charge in [0.25, 0.3) is 5.56 Å². The third-order valence-corrected chi connectivity index (χ3v) is 9.32. The van der Waals surface area contributed by atoms with E-state index in [2.05, 4.69) is 5.09 Å². The number of aliphatic hydroxyl groups excluding tert-OH is 1. The maximum atomic E-state index is 13.6. The molecule has 0 saturated carbocycles. The molecule has 6 atom stereocenters. The molecule has 1 fully saturated rings. The van der Waals surface area contributed by atoms with Crippen molar-refractivity contribution in [3.8, 4) is 0 Å². The number of hydrogen-bond acceptors (Lipinski definition) is 12. The lowest BCUT2D eigenvalue weighted by Gasteiger charge is -2.27. The van der Waals surface area contributed by atoms with Gasteiger partial charge in [0.05, 0.1) is 25.7 Å². The molecule has 0 aromatic carbocycles. The molecule has 0 unspecified atom stereocenters. The van der Waals surface area contributed by atoms with Crippen LogP contribution in [0.5, 0.6) is 0 Å². The highest BCUT2D eigenvalue weighted by molar-refractivity contribution is 8.56. The van der Waals surface area contributed by atoms with Crippen LogP contribution in [0.3, 0.4) is 0 Å². The Morgan fingerprint density at radius 3 is 2.62 bits per heavy atom. The second kappa shape index (κ2) is 13.2. The van der Waals surface area contributed by atoms with Gasteiger partial charge in [-0.3, -0.25) is 28.5 Å². The van der Waals surface area contributed by atoms with Gasteiger partial charge in [-0.15, -0.1) is 0 Å². The quantitative estimate of drug-likeness (QED) is 0.188. The Morgan fingerprint density at radius 2 is 2.03 bits per heavy atom. The Kier molecular flexibility index (Phi) is 11.1. The van der Waals surface area contributed by atoms with E-state index < -0.39 is 72.7 Å². The van der Waals surface area contributed by atoms with E-state index >= 15 is 0 Å². The molecule has 0 bridgehead atoms. The lowest BCUT2D eigenvalue weighted by Crippen LogP contribution is -2.46. The number of rotatable bonds is 13. The second-order valence-electron chi connectivity index (χ2n) is 8.73. The number of aromatic amines is 1. The van der Waals surface area contributed by atoms with Crippen LogP contribution < -0.4 is 16.3 Å². The van der Waals surface area contributed by atoms with E-state index in [9.17, 15) is 34.0 Å². The maximum Gasteiger partial charge on any atom is 0.330 e. The Labute approximate surface area is 217 Å². The number of ether oxygens (including phenoxy) is 3. The van der Waals surface area contributed by atoms with Gasteiger partial charge in [-0.2, -0.15) is 0 Å². The zero-order valence-corrected chi connectivity index (χ0v) is 23.0. The average Bonchev–Trinajstić information content (AvgIpc) is 3.01. The van der Waals surface area contributed by atoms with Crippen LogP contribution in [-0.2, 0) is 32.9 Å². The summed E-state index contributed by atoms with van der Waals surface area (Å²) < 4.78 is 35.7. The molecule has 1 saturated heterocycles. The number of aromatic nitrogens is 2. The van der Waals surface area contributed by atoms with Crippen LogP contribution >= 0.6 is 18.1 Å². The molecule has 0 spiro atoms. The van der Waals surface area contributed by atoms with Crippen LogP contribution in [0, 0.1) is 0 Å². The van der Waals surface area contributed by atoms with E-state index in [1.807, 2.05) is 4.98 Å². The standard InChI is InChI=1S/C21H34N3O11PS/c1-6-32-16(26)8-10-37-36(31,23-13(4)18(28)34-12(2)3)33-11-14-17(27)21(5,30)19(35-14)24-9-7-15(25)22-20(24)29/h7,9,12-14,17,19,27,30H,6,8,10-11H2,1-5H3,(H,23,31)(H,22,25,29)/t13-,14-,17-,19-,21-,36+/m1/s1. The van der Waals surface area contributed by atoms with Gasteiger partial charge in [0.1, 0.15) is 23.9 Å². The van der Waals surface area contributed by atoms with Crippen molar-refractivity contribution in [2.75, 3.05) is 19.0 Å². The van der Waals surface area contributed by atoms with Crippen molar-refractivity contribution < 1.29 is 43.1 Å². The van der Waals surface area contributed by atoms with Crippen molar-refractivity contribution in [2.45, 2.75) is 77.2 Å². The lowest BCUT2D eigenvalue weighted by atomic mass is 9.96. The Balaban J connectivity index is 2.17. The summed E-state index contributed by atoms with van der Waals surface area (Å²) in [5.41, 5.74) is -3.51. The van der Waals surface area contributed by atoms with Crippen LogP contribution in [0.25, 0.3) is 0 Å². The van der Waals surface area contributed by atoms with Crippen molar-refractivity contribution >= 4 is 30.0 Å². The van der Waals surface area contributed by atoms with E-state index in [1.54, 1.807) is 20.8 Å². The number of carbonyl (C=O) groups is 2. The molecule has 1 aliphatic rings. The third kappa shape index (κ3) is 8.50. The first-order valence-electron chi connectivity index (χ1n) is 11.6. The maximum absolute atomic E-state index is 13.6. The van der Waals surface area contributed by atoms with Gasteiger partial charge in [0.15, 0.2) is 6.23 Å². The Bertz CT molecular complexity index is 1110. The molecule has 16 heteroatoms. The number of esters is 2. The summed E-state index contributed by atoms with van der Waals surface area (Å²) in [6.45, 7) is 3.38. The molecule has 1 aliphatic heterocycles. The zero-order valence-electron chi connectivity index (χ0n) is 21.2. The fraction of sp³-hybridized carbons (Fsp3) is 0.714. The highest BCUT2D eigenvalue weighted by Crippen LogP contribution is 2.57. The Morgan fingerprint density at radius 1 is 1.35 bits per heavy atom. The monoisotopic (exact) mass is 567 g/mol. The summed E-state index contributed by atoms with van der Waals surface area (Å²) in [7, 11) is 0. The molecule has 0 amide bonds. The molecule has 0 aliphatic carbocycles. The number of H-pyrrole nitrogens is 1. The minimum atomic E-state index is -3.91. The fourth-order valence-electron chi connectivity index (χ4n) is 3.38. The first-order chi connectivity index (χ1) is 17.2. The van der Waals surface area contributed by atoms with Gasteiger partial charge >= 0.3 is 24.3 Å². The van der Waals surface area contributed by atoms with Gasteiger partial charge in [0, 0.05) is 18.0 Å². The van der Waals surface area contributed by atoms with Gasteiger partial charge in [-0.1, -0.05) is 11.4 Å². The van der Waals surface area contributed by atoms with Crippen molar-refractivity contribution in [1.29, 1.82) is 0 Å². The number of nitrogens with zero attached hydrogens (tertiary/aromatic N) is 1. The summed E-state index contributed by atoms with van der Waals surface area (Å²) in [5.74, 6) is -1.16. The van der Waals surface area contributed by atoms with E-state index in [0.29, 0.717) is 0 Å². The largest absolute Gasteiger partial charge is 0.466 e. The first kappa shape index (κ1) is 31.2. The molecule has 2 heterocycles. The zero-order chi connectivity index (χ0) is 28.0. The van der Waals surface area contributed by atoms with Crippen molar-refractivity contribution in [2.24, 2.45) is 0 Å². The highest BCUT2D eigenvalue weighted by Gasteiger charge is 2.54. The summed E-state index contributed by atoms with van der Waals surface area (Å²) >= 11 is 0.747. The van der Waals surface area contributed by atoms with E-state index in [0.717, 1.165) is 28.2 Å². The van der Waals surface area contributed by atoms with Gasteiger partial charge in [-0.05, 0) is 34.6 Å². The number of nitrogens with one attached hydrogen (secondary N) is 2. The minimum Gasteiger partial charge on any atom is -0.466 e. The van der Waals surface area contributed by atoms with Crippen LogP contribution in [0.1, 0.15) is 47.3 Å². The average molecular weight is 568 g/mol. The van der Waals surface area contributed by atoms with E-state index in [4.69, 9.17) is 18.7 Å². The van der Waals surface area contributed by atoms with Crippen molar-refractivity contribution in [3.63, 3.8) is 0 Å². The SMILES string of the molecule is CCOC(=O)CCS[P@](=O)(N[C@H](C)C(=O)OC(C)C)OC[C@H]1O[C@@H](n2ccc(=O)[nH]c2=O)[C@](C)(O)[C@@H]1O. The molecular weight excluding hydrogens is 533 g/mol. The summed E-state index contributed by atoms with van der Waals surface area (Å²) in [6, 6.07) is 0.000746. The highest BCUT2D eigenvalue weighted by atomic mass is 32.7. The molecule has 1 aromatic heterocycles. The molecule has 2 rings (SSSR count). The van der Waals surface area contributed by atoms with Crippen LogP contribution in [-0.4, -0.2) is 80.6 Å². The van der Waals surface area contributed by atoms with Gasteiger partial charge in [-0.25, -0.2) is 9.88 Å². The molecule has 210 valence electrons.